The van der Waals surface area contributed by atoms with Gasteiger partial charge in [-0.2, -0.15) is 0 Å². The molecule has 0 aromatic rings. The van der Waals surface area contributed by atoms with Gasteiger partial charge in [0.1, 0.15) is 0 Å². The van der Waals surface area contributed by atoms with E-state index in [-0.39, 0.29) is 5.91 Å². The molecule has 0 aliphatic rings. The van der Waals surface area contributed by atoms with Crippen LogP contribution in [-0.2, 0) is 4.79 Å². The molecule has 0 aliphatic heterocycles. The van der Waals surface area contributed by atoms with Gasteiger partial charge in [0.15, 0.2) is 0 Å². The highest BCUT2D eigenvalue weighted by molar-refractivity contribution is 5.73. The van der Waals surface area contributed by atoms with Crippen molar-refractivity contribution in [2.75, 3.05) is 6.54 Å². The predicted octanol–water partition coefficient (Wildman–Crippen LogP) is 3.46. The highest BCUT2D eigenvalue weighted by atomic mass is 16.2. The van der Waals surface area contributed by atoms with E-state index in [2.05, 4.69) is 32.6 Å². The Morgan fingerprint density at radius 3 is 1.87 bits per heavy atom. The van der Waals surface area contributed by atoms with Crippen molar-refractivity contribution in [3.05, 3.63) is 0 Å². The highest BCUT2D eigenvalue weighted by Gasteiger charge is 2.19. The van der Waals surface area contributed by atoms with Crippen LogP contribution in [0.25, 0.3) is 0 Å². The molecule has 0 saturated carbocycles. The number of hydrogen-bond donors (Lipinski definition) is 0. The molecule has 1 amide bonds. The third-order valence-corrected chi connectivity index (χ3v) is 2.65. The largest absolute Gasteiger partial charge is 0.340 e. The van der Waals surface area contributed by atoms with Crippen molar-refractivity contribution in [3.8, 4) is 0 Å². The van der Waals surface area contributed by atoms with Crippen LogP contribution in [0.15, 0.2) is 0 Å². The lowest BCUT2D eigenvalue weighted by Crippen LogP contribution is -2.41. The second kappa shape index (κ2) is 7.72. The van der Waals surface area contributed by atoms with Crippen LogP contribution >= 0.6 is 0 Å². The van der Waals surface area contributed by atoms with E-state index < -0.39 is 0 Å². The summed E-state index contributed by atoms with van der Waals surface area (Å²) in [6.45, 7) is 11.3. The van der Waals surface area contributed by atoms with Crippen LogP contribution in [0.4, 0.5) is 0 Å². The Morgan fingerprint density at radius 2 is 1.60 bits per heavy atom. The quantitative estimate of drug-likeness (QED) is 0.634. The van der Waals surface area contributed by atoms with Gasteiger partial charge >= 0.3 is 0 Å². The van der Waals surface area contributed by atoms with E-state index in [1.54, 1.807) is 6.92 Å². The molecule has 0 atom stereocenters. The van der Waals surface area contributed by atoms with Crippen molar-refractivity contribution >= 4 is 5.91 Å². The number of rotatable bonds is 7. The monoisotopic (exact) mass is 213 g/mol. The first-order chi connectivity index (χ1) is 7.02. The van der Waals surface area contributed by atoms with Gasteiger partial charge in [-0.15, -0.1) is 0 Å². The van der Waals surface area contributed by atoms with Crippen LogP contribution < -0.4 is 0 Å². The van der Waals surface area contributed by atoms with Gasteiger partial charge < -0.3 is 4.90 Å². The second-order valence-electron chi connectivity index (χ2n) is 4.80. The summed E-state index contributed by atoms with van der Waals surface area (Å²) in [4.78, 5) is 13.7. The van der Waals surface area contributed by atoms with Crippen molar-refractivity contribution in [3.63, 3.8) is 0 Å². The molecule has 0 radical (unpaired) electrons. The molecule has 0 spiro atoms. The van der Waals surface area contributed by atoms with Crippen LogP contribution in [0.2, 0.25) is 0 Å². The fraction of sp³-hybridized carbons (Fsp3) is 0.923. The van der Waals surface area contributed by atoms with Gasteiger partial charge in [-0.25, -0.2) is 0 Å². The maximum absolute atomic E-state index is 11.6. The molecule has 2 heteroatoms. The number of amides is 1. The molecule has 15 heavy (non-hydrogen) atoms. The van der Waals surface area contributed by atoms with Crippen LogP contribution in [0.5, 0.6) is 0 Å². The Hall–Kier alpha value is -0.530. The molecule has 2 nitrogen and oxygen atoms in total. The molecule has 0 N–H and O–H groups in total. The molecular weight excluding hydrogens is 186 g/mol. The Morgan fingerprint density at radius 1 is 1.13 bits per heavy atom. The zero-order valence-electron chi connectivity index (χ0n) is 11.0. The minimum absolute atomic E-state index is 0.232. The van der Waals surface area contributed by atoms with Crippen molar-refractivity contribution in [2.45, 2.75) is 66.3 Å². The average Bonchev–Trinajstić information content (AvgIpc) is 2.13. The fourth-order valence-electron chi connectivity index (χ4n) is 2.05. The van der Waals surface area contributed by atoms with Crippen molar-refractivity contribution in [1.29, 1.82) is 0 Å². The van der Waals surface area contributed by atoms with E-state index in [0.717, 1.165) is 32.2 Å². The average molecular weight is 213 g/mol. The zero-order chi connectivity index (χ0) is 11.8. The standard InChI is InChI=1S/C13H27NO/c1-6-8-13(9-7-2)14(12(5)15)10-11(3)4/h11,13H,6-10H2,1-5H3. The van der Waals surface area contributed by atoms with E-state index in [0.29, 0.717) is 12.0 Å². The summed E-state index contributed by atoms with van der Waals surface area (Å²) in [6.07, 6.45) is 4.60. The Balaban J connectivity index is 4.44. The molecule has 0 fully saturated rings. The number of carbonyl (C=O) groups is 1. The molecule has 0 heterocycles. The number of hydrogen-bond acceptors (Lipinski definition) is 1. The zero-order valence-corrected chi connectivity index (χ0v) is 11.0. The SMILES string of the molecule is CCCC(CCC)N(CC(C)C)C(C)=O. The first-order valence-corrected chi connectivity index (χ1v) is 6.30. The van der Waals surface area contributed by atoms with Gasteiger partial charge in [0.05, 0.1) is 0 Å². The Kier molecular flexibility index (Phi) is 7.45. The summed E-state index contributed by atoms with van der Waals surface area (Å²) >= 11 is 0. The Bertz CT molecular complexity index is 171. The minimum Gasteiger partial charge on any atom is -0.340 e. The molecule has 0 saturated heterocycles. The second-order valence-corrected chi connectivity index (χ2v) is 4.80. The minimum atomic E-state index is 0.232. The molecule has 90 valence electrons. The third kappa shape index (κ3) is 5.81. The smallest absolute Gasteiger partial charge is 0.219 e. The van der Waals surface area contributed by atoms with Crippen molar-refractivity contribution in [1.82, 2.24) is 4.90 Å². The van der Waals surface area contributed by atoms with E-state index >= 15 is 0 Å². The van der Waals surface area contributed by atoms with Gasteiger partial charge in [0, 0.05) is 19.5 Å². The normalized spacial score (nSPS) is 11.1. The van der Waals surface area contributed by atoms with Gasteiger partial charge in [-0.05, 0) is 18.8 Å². The molecule has 0 bridgehead atoms. The molecule has 0 rings (SSSR count). The van der Waals surface area contributed by atoms with Gasteiger partial charge in [-0.1, -0.05) is 40.5 Å². The summed E-state index contributed by atoms with van der Waals surface area (Å²) in [5, 5.41) is 0. The lowest BCUT2D eigenvalue weighted by atomic mass is 10.0. The van der Waals surface area contributed by atoms with Crippen molar-refractivity contribution in [2.24, 2.45) is 5.92 Å². The van der Waals surface area contributed by atoms with E-state index in [1.165, 1.54) is 0 Å². The molecular formula is C13H27NO. The van der Waals surface area contributed by atoms with Crippen LogP contribution in [0.3, 0.4) is 0 Å². The predicted molar refractivity (Wildman–Crippen MR) is 65.8 cm³/mol. The number of carbonyl (C=O) groups excluding carboxylic acids is 1. The molecule has 0 aliphatic carbocycles. The lowest BCUT2D eigenvalue weighted by molar-refractivity contribution is -0.132. The highest BCUT2D eigenvalue weighted by Crippen LogP contribution is 2.15. The summed E-state index contributed by atoms with van der Waals surface area (Å²) in [6, 6.07) is 0.458. The molecule has 0 unspecified atom stereocenters. The van der Waals surface area contributed by atoms with Gasteiger partial charge in [0.2, 0.25) is 5.91 Å². The molecule has 0 aromatic carbocycles. The first kappa shape index (κ1) is 14.5. The van der Waals surface area contributed by atoms with Gasteiger partial charge in [-0.3, -0.25) is 4.79 Å². The summed E-state index contributed by atoms with van der Waals surface area (Å²) in [5.41, 5.74) is 0. The van der Waals surface area contributed by atoms with E-state index in [4.69, 9.17) is 0 Å². The summed E-state index contributed by atoms with van der Waals surface area (Å²) in [7, 11) is 0. The molecule has 0 aromatic heterocycles. The van der Waals surface area contributed by atoms with Crippen molar-refractivity contribution < 1.29 is 4.79 Å². The maximum Gasteiger partial charge on any atom is 0.219 e. The van der Waals surface area contributed by atoms with E-state index in [9.17, 15) is 4.79 Å². The first-order valence-electron chi connectivity index (χ1n) is 6.30. The maximum atomic E-state index is 11.6. The van der Waals surface area contributed by atoms with Crippen LogP contribution in [0.1, 0.15) is 60.3 Å². The van der Waals surface area contributed by atoms with Gasteiger partial charge in [0.25, 0.3) is 0 Å². The fourth-order valence-corrected chi connectivity index (χ4v) is 2.05. The summed E-state index contributed by atoms with van der Waals surface area (Å²) in [5.74, 6) is 0.792. The topological polar surface area (TPSA) is 20.3 Å². The lowest BCUT2D eigenvalue weighted by Gasteiger charge is -2.32. The van der Waals surface area contributed by atoms with Crippen LogP contribution in [0, 0.1) is 5.92 Å². The third-order valence-electron chi connectivity index (χ3n) is 2.65. The van der Waals surface area contributed by atoms with E-state index in [1.807, 2.05) is 0 Å². The summed E-state index contributed by atoms with van der Waals surface area (Å²) < 4.78 is 0. The number of nitrogens with zero attached hydrogens (tertiary/aromatic N) is 1. The van der Waals surface area contributed by atoms with Crippen LogP contribution in [-0.4, -0.2) is 23.4 Å². The Labute approximate surface area is 95.0 Å².